The van der Waals surface area contributed by atoms with Crippen LogP contribution in [-0.4, -0.2) is 32.7 Å². The van der Waals surface area contributed by atoms with Crippen LogP contribution in [-0.2, 0) is 10.0 Å². The van der Waals surface area contributed by atoms with E-state index < -0.39 is 10.0 Å². The minimum Gasteiger partial charge on any atom is -0.321 e. The number of hydrogen-bond acceptors (Lipinski definition) is 4. The van der Waals surface area contributed by atoms with E-state index in [4.69, 9.17) is 0 Å². The number of anilines is 1. The molecule has 1 aromatic carbocycles. The highest BCUT2D eigenvalue weighted by Gasteiger charge is 2.24. The first kappa shape index (κ1) is 17.1. The molecule has 118 valence electrons. The molecule has 0 fully saturated rings. The molecule has 1 N–H and O–H groups in total. The van der Waals surface area contributed by atoms with E-state index in [1.165, 1.54) is 20.2 Å². The zero-order valence-corrected chi connectivity index (χ0v) is 15.5. The number of nitrogens with zero attached hydrogens (tertiary/aromatic N) is 1. The van der Waals surface area contributed by atoms with Gasteiger partial charge in [-0.25, -0.2) is 12.7 Å². The average molecular weight is 403 g/mol. The standard InChI is InChI=1S/C14H15BrN2O3S2/c1-9-13(22(19,20)17(2)3)8-12(21-9)14(18)16-11-6-4-10(15)5-7-11/h4-8H,1-3H3,(H,16,18). The van der Waals surface area contributed by atoms with Crippen LogP contribution in [0.25, 0.3) is 0 Å². The largest absolute Gasteiger partial charge is 0.321 e. The van der Waals surface area contributed by atoms with Gasteiger partial charge in [0.25, 0.3) is 5.91 Å². The molecule has 8 heteroatoms. The number of rotatable bonds is 4. The maximum absolute atomic E-state index is 12.2. The fourth-order valence-electron chi connectivity index (χ4n) is 1.76. The van der Waals surface area contributed by atoms with E-state index in [0.29, 0.717) is 15.4 Å². The quantitative estimate of drug-likeness (QED) is 0.852. The van der Waals surface area contributed by atoms with Crippen LogP contribution in [0.4, 0.5) is 5.69 Å². The molecule has 5 nitrogen and oxygen atoms in total. The molecule has 0 aliphatic heterocycles. The predicted molar refractivity (Wildman–Crippen MR) is 92.0 cm³/mol. The van der Waals surface area contributed by atoms with Crippen molar-refractivity contribution in [1.29, 1.82) is 0 Å². The average Bonchev–Trinajstić information content (AvgIpc) is 2.84. The molecule has 2 rings (SSSR count). The smallest absolute Gasteiger partial charge is 0.265 e. The van der Waals surface area contributed by atoms with E-state index in [0.717, 1.165) is 20.1 Å². The molecule has 1 aromatic heterocycles. The second kappa shape index (κ2) is 6.49. The van der Waals surface area contributed by atoms with Gasteiger partial charge in [0.2, 0.25) is 10.0 Å². The highest BCUT2D eigenvalue weighted by molar-refractivity contribution is 9.10. The number of aryl methyl sites for hydroxylation is 1. The second-order valence-corrected chi connectivity index (χ2v) is 9.07. The molecule has 22 heavy (non-hydrogen) atoms. The lowest BCUT2D eigenvalue weighted by Gasteiger charge is -2.10. The molecule has 0 spiro atoms. The first-order valence-corrected chi connectivity index (χ1v) is 9.36. The zero-order valence-electron chi connectivity index (χ0n) is 12.3. The van der Waals surface area contributed by atoms with E-state index in [1.54, 1.807) is 19.1 Å². The van der Waals surface area contributed by atoms with Crippen LogP contribution in [0, 0.1) is 6.92 Å². The number of carbonyl (C=O) groups is 1. The molecule has 0 bridgehead atoms. The van der Waals surface area contributed by atoms with E-state index >= 15 is 0 Å². The van der Waals surface area contributed by atoms with Crippen LogP contribution in [0.3, 0.4) is 0 Å². The summed E-state index contributed by atoms with van der Waals surface area (Å²) in [6.07, 6.45) is 0. The van der Waals surface area contributed by atoms with Gasteiger partial charge in [-0.1, -0.05) is 15.9 Å². The van der Waals surface area contributed by atoms with Crippen LogP contribution < -0.4 is 5.32 Å². The van der Waals surface area contributed by atoms with Crippen LogP contribution >= 0.6 is 27.3 Å². The Morgan fingerprint density at radius 1 is 1.23 bits per heavy atom. The molecule has 0 radical (unpaired) electrons. The normalized spacial score (nSPS) is 11.7. The van der Waals surface area contributed by atoms with Crippen LogP contribution in [0.5, 0.6) is 0 Å². The number of amides is 1. The molecule has 2 aromatic rings. The van der Waals surface area contributed by atoms with Crippen molar-refractivity contribution in [2.75, 3.05) is 19.4 Å². The highest BCUT2D eigenvalue weighted by Crippen LogP contribution is 2.28. The van der Waals surface area contributed by atoms with Crippen molar-refractivity contribution in [2.24, 2.45) is 0 Å². The lowest BCUT2D eigenvalue weighted by atomic mass is 10.3. The summed E-state index contributed by atoms with van der Waals surface area (Å²) in [5.41, 5.74) is 0.649. The SMILES string of the molecule is Cc1sc(C(=O)Nc2ccc(Br)cc2)cc1S(=O)(=O)N(C)C. The maximum atomic E-state index is 12.2. The van der Waals surface area contributed by atoms with Crippen molar-refractivity contribution in [1.82, 2.24) is 4.31 Å². The number of carbonyl (C=O) groups excluding carboxylic acids is 1. The third-order valence-electron chi connectivity index (χ3n) is 2.96. The lowest BCUT2D eigenvalue weighted by molar-refractivity contribution is 0.103. The summed E-state index contributed by atoms with van der Waals surface area (Å²) in [6, 6.07) is 8.58. The molecular formula is C14H15BrN2O3S2. The summed E-state index contributed by atoms with van der Waals surface area (Å²) in [6.45, 7) is 1.69. The number of halogens is 1. The van der Waals surface area contributed by atoms with E-state index in [9.17, 15) is 13.2 Å². The van der Waals surface area contributed by atoms with Gasteiger partial charge < -0.3 is 5.32 Å². The Morgan fingerprint density at radius 3 is 2.36 bits per heavy atom. The summed E-state index contributed by atoms with van der Waals surface area (Å²) >= 11 is 4.48. The summed E-state index contributed by atoms with van der Waals surface area (Å²) < 4.78 is 26.4. The Bertz CT molecular complexity index is 796. The monoisotopic (exact) mass is 402 g/mol. The third-order valence-corrected chi connectivity index (χ3v) is 6.61. The van der Waals surface area contributed by atoms with Gasteiger partial charge >= 0.3 is 0 Å². The van der Waals surface area contributed by atoms with Crippen molar-refractivity contribution in [3.63, 3.8) is 0 Å². The fraction of sp³-hybridized carbons (Fsp3) is 0.214. The number of thiophene rings is 1. The summed E-state index contributed by atoms with van der Waals surface area (Å²) in [7, 11) is -0.609. The minimum absolute atomic E-state index is 0.170. The predicted octanol–water partition coefficient (Wildman–Crippen LogP) is 3.32. The lowest BCUT2D eigenvalue weighted by Crippen LogP contribution is -2.22. The van der Waals surface area contributed by atoms with Gasteiger partial charge in [-0.15, -0.1) is 11.3 Å². The van der Waals surface area contributed by atoms with Crippen LogP contribution in [0.2, 0.25) is 0 Å². The van der Waals surface area contributed by atoms with Crippen LogP contribution in [0.15, 0.2) is 39.7 Å². The molecule has 0 saturated heterocycles. The van der Waals surface area contributed by atoms with Crippen LogP contribution in [0.1, 0.15) is 14.5 Å². The maximum Gasteiger partial charge on any atom is 0.265 e. The van der Waals surface area contributed by atoms with E-state index in [2.05, 4.69) is 21.2 Å². The summed E-state index contributed by atoms with van der Waals surface area (Å²) in [4.78, 5) is 13.4. The van der Waals surface area contributed by atoms with Gasteiger partial charge in [-0.3, -0.25) is 4.79 Å². The Labute approximate surface area is 142 Å². The number of benzene rings is 1. The van der Waals surface area contributed by atoms with Gasteiger partial charge in [0, 0.05) is 29.1 Å². The Morgan fingerprint density at radius 2 is 1.82 bits per heavy atom. The van der Waals surface area contributed by atoms with Crippen molar-refractivity contribution < 1.29 is 13.2 Å². The molecule has 0 saturated carbocycles. The summed E-state index contributed by atoms with van der Waals surface area (Å²) in [5.74, 6) is -0.323. The Kier molecular flexibility index (Phi) is 5.06. The van der Waals surface area contributed by atoms with Gasteiger partial charge in [-0.2, -0.15) is 0 Å². The van der Waals surface area contributed by atoms with E-state index in [-0.39, 0.29) is 10.8 Å². The van der Waals surface area contributed by atoms with Crippen molar-refractivity contribution in [2.45, 2.75) is 11.8 Å². The minimum atomic E-state index is -3.54. The number of nitrogens with one attached hydrogen (secondary N) is 1. The van der Waals surface area contributed by atoms with Crippen molar-refractivity contribution in [3.05, 3.63) is 44.6 Å². The Hall–Kier alpha value is -1.22. The summed E-state index contributed by atoms with van der Waals surface area (Å²) in [5, 5.41) is 2.75. The molecule has 1 amide bonds. The zero-order chi connectivity index (χ0) is 16.5. The van der Waals surface area contributed by atoms with Gasteiger partial charge in [0.1, 0.15) is 0 Å². The van der Waals surface area contributed by atoms with Crippen molar-refractivity contribution in [3.8, 4) is 0 Å². The Balaban J connectivity index is 2.27. The third kappa shape index (κ3) is 3.57. The number of sulfonamides is 1. The van der Waals surface area contributed by atoms with Crippen molar-refractivity contribution >= 4 is 48.9 Å². The highest BCUT2D eigenvalue weighted by atomic mass is 79.9. The molecule has 0 aliphatic carbocycles. The second-order valence-electron chi connectivity index (χ2n) is 4.78. The molecule has 1 heterocycles. The van der Waals surface area contributed by atoms with Gasteiger partial charge in [-0.05, 0) is 37.3 Å². The van der Waals surface area contributed by atoms with Gasteiger partial charge in [0.05, 0.1) is 9.77 Å². The molecule has 0 aliphatic rings. The molecule has 0 atom stereocenters. The number of hydrogen-bond donors (Lipinski definition) is 1. The molecule has 0 unspecified atom stereocenters. The first-order valence-electron chi connectivity index (χ1n) is 6.31. The molecular weight excluding hydrogens is 388 g/mol. The van der Waals surface area contributed by atoms with E-state index in [1.807, 2.05) is 12.1 Å². The fourth-order valence-corrected chi connectivity index (χ4v) is 4.37. The topological polar surface area (TPSA) is 66.5 Å². The van der Waals surface area contributed by atoms with Gasteiger partial charge in [0.15, 0.2) is 0 Å². The first-order chi connectivity index (χ1) is 10.2.